The Morgan fingerprint density at radius 1 is 1.00 bits per heavy atom. The van der Waals surface area contributed by atoms with Crippen LogP contribution in [0.5, 0.6) is 0 Å². The first-order valence-corrected chi connectivity index (χ1v) is 6.84. The molecule has 2 heteroatoms. The van der Waals surface area contributed by atoms with Gasteiger partial charge in [-0.2, -0.15) is 0 Å². The van der Waals surface area contributed by atoms with Gasteiger partial charge < -0.3 is 4.79 Å². The van der Waals surface area contributed by atoms with Gasteiger partial charge in [-0.3, -0.25) is 4.98 Å². The van der Waals surface area contributed by atoms with Gasteiger partial charge in [0.15, 0.2) is 0 Å². The maximum atomic E-state index is 10.2. The van der Waals surface area contributed by atoms with Crippen molar-refractivity contribution in [1.29, 1.82) is 0 Å². The molecule has 0 fully saturated rings. The van der Waals surface area contributed by atoms with Crippen LogP contribution in [0.15, 0.2) is 48.7 Å². The van der Waals surface area contributed by atoms with Gasteiger partial charge in [0.1, 0.15) is 6.29 Å². The van der Waals surface area contributed by atoms with E-state index in [-0.39, 0.29) is 0 Å². The van der Waals surface area contributed by atoms with Gasteiger partial charge in [-0.1, -0.05) is 30.7 Å². The third-order valence-electron chi connectivity index (χ3n) is 3.18. The third kappa shape index (κ3) is 4.32. The Morgan fingerprint density at radius 2 is 1.95 bits per heavy atom. The summed E-state index contributed by atoms with van der Waals surface area (Å²) in [6.45, 7) is 0. The molecular weight excluding hydrogens is 234 g/mol. The molecule has 2 aromatic rings. The third-order valence-corrected chi connectivity index (χ3v) is 3.18. The van der Waals surface area contributed by atoms with Crippen LogP contribution in [-0.4, -0.2) is 11.3 Å². The molecule has 0 saturated heterocycles. The summed E-state index contributed by atoms with van der Waals surface area (Å²) in [5.41, 5.74) is 3.53. The van der Waals surface area contributed by atoms with E-state index in [1.54, 1.807) is 0 Å². The zero-order valence-corrected chi connectivity index (χ0v) is 11.1. The molecule has 19 heavy (non-hydrogen) atoms. The second-order valence-corrected chi connectivity index (χ2v) is 4.68. The summed E-state index contributed by atoms with van der Waals surface area (Å²) < 4.78 is 0. The normalized spacial score (nSPS) is 10.3. The molecular formula is C17H19NO. The van der Waals surface area contributed by atoms with Gasteiger partial charge in [-0.15, -0.1) is 0 Å². The fourth-order valence-corrected chi connectivity index (χ4v) is 2.15. The fourth-order valence-electron chi connectivity index (χ4n) is 2.15. The molecule has 0 aliphatic rings. The van der Waals surface area contributed by atoms with Crippen LogP contribution in [0.4, 0.5) is 0 Å². The van der Waals surface area contributed by atoms with E-state index in [4.69, 9.17) is 0 Å². The van der Waals surface area contributed by atoms with Gasteiger partial charge >= 0.3 is 0 Å². The minimum atomic E-state index is 0.688. The van der Waals surface area contributed by atoms with Gasteiger partial charge in [0.05, 0.1) is 5.69 Å². The summed E-state index contributed by atoms with van der Waals surface area (Å²) in [7, 11) is 0. The molecule has 0 radical (unpaired) electrons. The Bertz CT molecular complexity index is 508. The highest BCUT2D eigenvalue weighted by atomic mass is 16.1. The highest BCUT2D eigenvalue weighted by molar-refractivity contribution is 5.59. The number of aromatic nitrogens is 1. The number of nitrogens with zero attached hydrogens (tertiary/aromatic N) is 1. The summed E-state index contributed by atoms with van der Waals surface area (Å²) >= 11 is 0. The zero-order valence-electron chi connectivity index (χ0n) is 11.1. The van der Waals surface area contributed by atoms with E-state index >= 15 is 0 Å². The largest absolute Gasteiger partial charge is 0.303 e. The van der Waals surface area contributed by atoms with Crippen LogP contribution in [0.2, 0.25) is 0 Å². The highest BCUT2D eigenvalue weighted by Gasteiger charge is 2.00. The Labute approximate surface area is 114 Å². The number of benzene rings is 1. The van der Waals surface area contributed by atoms with Crippen LogP contribution < -0.4 is 0 Å². The maximum Gasteiger partial charge on any atom is 0.119 e. The van der Waals surface area contributed by atoms with E-state index in [9.17, 15) is 4.79 Å². The Balaban J connectivity index is 1.94. The highest BCUT2D eigenvalue weighted by Crippen LogP contribution is 2.19. The number of carbonyl (C=O) groups excluding carboxylic acids is 1. The fraction of sp³-hybridized carbons (Fsp3) is 0.294. The van der Waals surface area contributed by atoms with Crippen molar-refractivity contribution in [2.24, 2.45) is 0 Å². The van der Waals surface area contributed by atoms with Crippen molar-refractivity contribution in [3.63, 3.8) is 0 Å². The first-order valence-electron chi connectivity index (χ1n) is 6.84. The number of unbranched alkanes of at least 4 members (excludes halogenated alkanes) is 3. The van der Waals surface area contributed by atoms with E-state index in [0.29, 0.717) is 6.42 Å². The van der Waals surface area contributed by atoms with Gasteiger partial charge in [0, 0.05) is 18.2 Å². The van der Waals surface area contributed by atoms with Gasteiger partial charge in [-0.05, 0) is 43.0 Å². The molecule has 0 atom stereocenters. The molecule has 0 bridgehead atoms. The van der Waals surface area contributed by atoms with E-state index in [2.05, 4.69) is 29.2 Å². The maximum absolute atomic E-state index is 10.2. The van der Waals surface area contributed by atoms with Crippen molar-refractivity contribution in [1.82, 2.24) is 4.98 Å². The topological polar surface area (TPSA) is 30.0 Å². The Kier molecular flexibility index (Phi) is 5.30. The van der Waals surface area contributed by atoms with Crippen LogP contribution in [0.1, 0.15) is 31.2 Å². The van der Waals surface area contributed by atoms with Gasteiger partial charge in [0.25, 0.3) is 0 Å². The number of hydrogen-bond donors (Lipinski definition) is 0. The molecule has 0 spiro atoms. The molecule has 98 valence electrons. The lowest BCUT2D eigenvalue weighted by atomic mass is 10.0. The number of aryl methyl sites for hydroxylation is 1. The predicted octanol–water partition coefficient (Wildman–Crippen LogP) is 4.05. The van der Waals surface area contributed by atoms with Crippen LogP contribution >= 0.6 is 0 Å². The van der Waals surface area contributed by atoms with Crippen LogP contribution in [0.25, 0.3) is 11.3 Å². The Hall–Kier alpha value is -1.96. The number of aldehydes is 1. The summed E-state index contributed by atoms with van der Waals surface area (Å²) in [5.74, 6) is 0. The molecule has 0 N–H and O–H groups in total. The molecule has 1 aromatic heterocycles. The standard InChI is InChI=1S/C17H19NO/c19-13-6-2-1-3-8-15-9-7-10-16(14-15)17-11-4-5-12-18-17/h4-5,7,9-14H,1-3,6,8H2. The molecule has 0 unspecified atom stereocenters. The van der Waals surface area contributed by atoms with Crippen LogP contribution in [-0.2, 0) is 11.2 Å². The van der Waals surface area contributed by atoms with Crippen molar-refractivity contribution in [2.45, 2.75) is 32.1 Å². The van der Waals surface area contributed by atoms with Crippen molar-refractivity contribution in [3.8, 4) is 11.3 Å². The van der Waals surface area contributed by atoms with Crippen molar-refractivity contribution >= 4 is 6.29 Å². The van der Waals surface area contributed by atoms with Crippen molar-refractivity contribution < 1.29 is 4.79 Å². The monoisotopic (exact) mass is 253 g/mol. The summed E-state index contributed by atoms with van der Waals surface area (Å²) in [6, 6.07) is 14.5. The lowest BCUT2D eigenvalue weighted by Gasteiger charge is -2.05. The van der Waals surface area contributed by atoms with Crippen molar-refractivity contribution in [3.05, 3.63) is 54.2 Å². The smallest absolute Gasteiger partial charge is 0.119 e. The number of carbonyl (C=O) groups is 1. The molecule has 0 saturated carbocycles. The minimum absolute atomic E-state index is 0.688. The average molecular weight is 253 g/mol. The lowest BCUT2D eigenvalue weighted by molar-refractivity contribution is -0.107. The van der Waals surface area contributed by atoms with E-state index < -0.39 is 0 Å². The number of rotatable bonds is 7. The Morgan fingerprint density at radius 3 is 2.74 bits per heavy atom. The zero-order chi connectivity index (χ0) is 13.3. The second kappa shape index (κ2) is 7.47. The van der Waals surface area contributed by atoms with Gasteiger partial charge in [0.2, 0.25) is 0 Å². The molecule has 0 amide bonds. The molecule has 1 heterocycles. The first kappa shape index (κ1) is 13.5. The van der Waals surface area contributed by atoms with Crippen LogP contribution in [0.3, 0.4) is 0 Å². The first-order chi connectivity index (χ1) is 9.40. The van der Waals surface area contributed by atoms with Gasteiger partial charge in [-0.25, -0.2) is 0 Å². The average Bonchev–Trinajstić information content (AvgIpc) is 2.48. The van der Waals surface area contributed by atoms with Crippen LogP contribution in [0, 0.1) is 0 Å². The summed E-state index contributed by atoms with van der Waals surface area (Å²) in [4.78, 5) is 14.6. The molecule has 0 aliphatic heterocycles. The van der Waals surface area contributed by atoms with E-state index in [1.807, 2.05) is 24.4 Å². The SMILES string of the molecule is O=CCCCCCc1cccc(-c2ccccn2)c1. The summed E-state index contributed by atoms with van der Waals surface area (Å²) in [6.07, 6.45) is 7.84. The molecule has 2 rings (SSSR count). The predicted molar refractivity (Wildman–Crippen MR) is 77.9 cm³/mol. The van der Waals surface area contributed by atoms with E-state index in [1.165, 1.54) is 11.1 Å². The van der Waals surface area contributed by atoms with E-state index in [0.717, 1.165) is 37.7 Å². The number of pyridine rings is 1. The number of hydrogen-bond acceptors (Lipinski definition) is 2. The molecule has 1 aromatic carbocycles. The summed E-state index contributed by atoms with van der Waals surface area (Å²) in [5, 5.41) is 0. The second-order valence-electron chi connectivity index (χ2n) is 4.68. The minimum Gasteiger partial charge on any atom is -0.303 e. The van der Waals surface area contributed by atoms with Crippen molar-refractivity contribution in [2.75, 3.05) is 0 Å². The lowest BCUT2D eigenvalue weighted by Crippen LogP contribution is -1.88. The molecule has 2 nitrogen and oxygen atoms in total. The molecule has 0 aliphatic carbocycles. The quantitative estimate of drug-likeness (QED) is 0.550.